The molecular weight excluding hydrogens is 254 g/mol. The van der Waals surface area contributed by atoms with E-state index in [4.69, 9.17) is 5.73 Å². The van der Waals surface area contributed by atoms with Crippen LogP contribution in [0.1, 0.15) is 25.7 Å². The second-order valence-corrected chi connectivity index (χ2v) is 4.97. The third-order valence-corrected chi connectivity index (χ3v) is 3.57. The summed E-state index contributed by atoms with van der Waals surface area (Å²) in [5.74, 6) is 0.810. The zero-order valence-corrected chi connectivity index (χ0v) is 10.3. The summed E-state index contributed by atoms with van der Waals surface area (Å²) in [4.78, 5) is 4.01. The first-order valence-electron chi connectivity index (χ1n) is 5.40. The molecular formula is C11H16BrN3. The molecule has 0 radical (unpaired) electrons. The normalized spacial score (nSPS) is 16.9. The number of aromatic nitrogens is 1. The fraction of sp³-hybridized carbons (Fsp3) is 0.545. The van der Waals surface area contributed by atoms with Crippen LogP contribution in [0.3, 0.4) is 0 Å². The number of nitrogens with zero attached hydrogens (tertiary/aromatic N) is 1. The number of nitrogens with two attached hydrogens (primary N) is 1. The van der Waals surface area contributed by atoms with E-state index in [9.17, 15) is 0 Å². The zero-order chi connectivity index (χ0) is 10.7. The maximum Gasteiger partial charge on any atom is 0.0750 e. The van der Waals surface area contributed by atoms with Crippen LogP contribution in [0.15, 0.2) is 16.9 Å². The lowest BCUT2D eigenvalue weighted by Crippen LogP contribution is -2.12. The number of nitrogen functional groups attached to an aromatic ring is 1. The maximum atomic E-state index is 5.85. The minimum atomic E-state index is 0.711. The van der Waals surface area contributed by atoms with Gasteiger partial charge in [-0.25, -0.2) is 0 Å². The van der Waals surface area contributed by atoms with E-state index in [1.807, 2.05) is 0 Å². The third kappa shape index (κ3) is 2.62. The van der Waals surface area contributed by atoms with Gasteiger partial charge in [-0.3, -0.25) is 4.98 Å². The highest BCUT2D eigenvalue weighted by Crippen LogP contribution is 2.29. The number of pyridine rings is 1. The Kier molecular flexibility index (Phi) is 3.46. The van der Waals surface area contributed by atoms with Crippen LogP contribution in [0.4, 0.5) is 11.4 Å². The van der Waals surface area contributed by atoms with Crippen molar-refractivity contribution in [1.29, 1.82) is 0 Å². The van der Waals surface area contributed by atoms with Crippen molar-refractivity contribution in [3.8, 4) is 0 Å². The van der Waals surface area contributed by atoms with Crippen LogP contribution in [0.25, 0.3) is 0 Å². The van der Waals surface area contributed by atoms with Gasteiger partial charge in [0.1, 0.15) is 0 Å². The molecule has 0 bridgehead atoms. The number of rotatable bonds is 3. The van der Waals surface area contributed by atoms with E-state index in [2.05, 4.69) is 26.2 Å². The predicted molar refractivity (Wildman–Crippen MR) is 66.8 cm³/mol. The molecule has 3 N–H and O–H groups in total. The van der Waals surface area contributed by atoms with Gasteiger partial charge < -0.3 is 11.1 Å². The van der Waals surface area contributed by atoms with Gasteiger partial charge in [0.25, 0.3) is 0 Å². The summed E-state index contributed by atoms with van der Waals surface area (Å²) in [6, 6.07) is 0. The number of anilines is 2. The first-order valence-corrected chi connectivity index (χ1v) is 6.19. The molecule has 0 saturated heterocycles. The minimum Gasteiger partial charge on any atom is -0.396 e. The van der Waals surface area contributed by atoms with Crippen LogP contribution in [0, 0.1) is 5.92 Å². The molecule has 0 aliphatic heterocycles. The second kappa shape index (κ2) is 4.84. The molecule has 0 spiro atoms. The van der Waals surface area contributed by atoms with Crippen LogP contribution >= 0.6 is 15.9 Å². The molecule has 1 saturated carbocycles. The summed E-state index contributed by atoms with van der Waals surface area (Å²) in [6.45, 7) is 1.02. The van der Waals surface area contributed by atoms with Gasteiger partial charge in [-0.05, 0) is 34.7 Å². The molecule has 2 rings (SSSR count). The molecule has 1 aliphatic carbocycles. The van der Waals surface area contributed by atoms with Gasteiger partial charge in [0.15, 0.2) is 0 Å². The first kappa shape index (κ1) is 10.7. The molecule has 1 aromatic rings. The Labute approximate surface area is 98.6 Å². The Hall–Kier alpha value is -0.770. The molecule has 0 amide bonds. The Morgan fingerprint density at radius 2 is 2.13 bits per heavy atom. The lowest BCUT2D eigenvalue weighted by molar-refractivity contribution is 0.580. The quantitative estimate of drug-likeness (QED) is 0.887. The van der Waals surface area contributed by atoms with Crippen molar-refractivity contribution in [2.24, 2.45) is 5.92 Å². The molecule has 0 aromatic carbocycles. The van der Waals surface area contributed by atoms with Crippen LogP contribution in [0.5, 0.6) is 0 Å². The van der Waals surface area contributed by atoms with Crippen molar-refractivity contribution in [3.05, 3.63) is 16.9 Å². The van der Waals surface area contributed by atoms with Crippen molar-refractivity contribution in [3.63, 3.8) is 0 Å². The topological polar surface area (TPSA) is 50.9 Å². The monoisotopic (exact) mass is 269 g/mol. The van der Waals surface area contributed by atoms with Crippen molar-refractivity contribution >= 4 is 27.3 Å². The van der Waals surface area contributed by atoms with Crippen molar-refractivity contribution in [1.82, 2.24) is 4.98 Å². The number of nitrogens with one attached hydrogen (secondary N) is 1. The third-order valence-electron chi connectivity index (χ3n) is 2.97. The highest BCUT2D eigenvalue weighted by atomic mass is 79.9. The summed E-state index contributed by atoms with van der Waals surface area (Å²) in [7, 11) is 0. The van der Waals surface area contributed by atoms with E-state index in [1.165, 1.54) is 25.7 Å². The lowest BCUT2D eigenvalue weighted by atomic mass is 10.1. The largest absolute Gasteiger partial charge is 0.396 e. The van der Waals surface area contributed by atoms with Crippen molar-refractivity contribution in [2.45, 2.75) is 25.7 Å². The molecule has 0 atom stereocenters. The van der Waals surface area contributed by atoms with Crippen molar-refractivity contribution < 1.29 is 0 Å². The van der Waals surface area contributed by atoms with E-state index in [1.54, 1.807) is 12.4 Å². The molecule has 1 aromatic heterocycles. The van der Waals surface area contributed by atoms with Gasteiger partial charge in [0.05, 0.1) is 22.0 Å². The van der Waals surface area contributed by atoms with Crippen LogP contribution in [-0.2, 0) is 0 Å². The standard InChI is InChI=1S/C11H16BrN3/c12-9-6-14-7-10(13)11(9)15-5-8-3-1-2-4-8/h6-8H,1-5,13H2,(H,14,15). The van der Waals surface area contributed by atoms with E-state index in [0.717, 1.165) is 22.6 Å². The molecule has 1 heterocycles. The predicted octanol–water partition coefficient (Wildman–Crippen LogP) is 3.03. The van der Waals surface area contributed by atoms with Gasteiger partial charge in [-0.15, -0.1) is 0 Å². The van der Waals surface area contributed by atoms with Gasteiger partial charge in [-0.1, -0.05) is 12.8 Å². The average Bonchev–Trinajstić information content (AvgIpc) is 2.70. The Balaban J connectivity index is 1.97. The zero-order valence-electron chi connectivity index (χ0n) is 8.67. The maximum absolute atomic E-state index is 5.85. The Bertz CT molecular complexity index is 314. The SMILES string of the molecule is Nc1cncc(Br)c1NCC1CCCC1. The lowest BCUT2D eigenvalue weighted by Gasteiger charge is -2.14. The van der Waals surface area contributed by atoms with Crippen LogP contribution in [-0.4, -0.2) is 11.5 Å². The van der Waals surface area contributed by atoms with E-state index in [-0.39, 0.29) is 0 Å². The Morgan fingerprint density at radius 1 is 1.40 bits per heavy atom. The number of hydrogen-bond donors (Lipinski definition) is 2. The highest BCUT2D eigenvalue weighted by Gasteiger charge is 2.15. The van der Waals surface area contributed by atoms with Crippen molar-refractivity contribution in [2.75, 3.05) is 17.6 Å². The average molecular weight is 270 g/mol. The summed E-state index contributed by atoms with van der Waals surface area (Å²) < 4.78 is 0.945. The Morgan fingerprint density at radius 3 is 2.80 bits per heavy atom. The molecule has 3 nitrogen and oxygen atoms in total. The van der Waals surface area contributed by atoms with Crippen LogP contribution < -0.4 is 11.1 Å². The second-order valence-electron chi connectivity index (χ2n) is 4.12. The molecule has 82 valence electrons. The summed E-state index contributed by atoms with van der Waals surface area (Å²) in [6.07, 6.45) is 8.89. The molecule has 15 heavy (non-hydrogen) atoms. The number of hydrogen-bond acceptors (Lipinski definition) is 3. The van der Waals surface area contributed by atoms with E-state index < -0.39 is 0 Å². The molecule has 1 aliphatic rings. The van der Waals surface area contributed by atoms with Gasteiger partial charge >= 0.3 is 0 Å². The summed E-state index contributed by atoms with van der Waals surface area (Å²) in [5, 5.41) is 3.41. The molecule has 1 fully saturated rings. The first-order chi connectivity index (χ1) is 7.27. The van der Waals surface area contributed by atoms with Gasteiger partial charge in [0, 0.05) is 12.7 Å². The van der Waals surface area contributed by atoms with Gasteiger partial charge in [0.2, 0.25) is 0 Å². The minimum absolute atomic E-state index is 0.711. The van der Waals surface area contributed by atoms with E-state index >= 15 is 0 Å². The number of halogens is 1. The molecule has 0 unspecified atom stereocenters. The van der Waals surface area contributed by atoms with Gasteiger partial charge in [-0.2, -0.15) is 0 Å². The highest BCUT2D eigenvalue weighted by molar-refractivity contribution is 9.10. The van der Waals surface area contributed by atoms with E-state index in [0.29, 0.717) is 5.69 Å². The fourth-order valence-electron chi connectivity index (χ4n) is 2.10. The smallest absolute Gasteiger partial charge is 0.0750 e. The summed E-state index contributed by atoms with van der Waals surface area (Å²) >= 11 is 3.45. The summed E-state index contributed by atoms with van der Waals surface area (Å²) in [5.41, 5.74) is 7.54. The molecule has 4 heteroatoms. The fourth-order valence-corrected chi connectivity index (χ4v) is 2.58. The van der Waals surface area contributed by atoms with Crippen LogP contribution in [0.2, 0.25) is 0 Å².